The highest BCUT2D eigenvalue weighted by molar-refractivity contribution is 6.07. The molecule has 1 heterocycles. The van der Waals surface area contributed by atoms with Crippen molar-refractivity contribution in [3.63, 3.8) is 0 Å². The van der Waals surface area contributed by atoms with E-state index in [4.69, 9.17) is 4.74 Å². The lowest BCUT2D eigenvalue weighted by molar-refractivity contribution is -0.157. The van der Waals surface area contributed by atoms with Crippen LogP contribution >= 0.6 is 0 Å². The van der Waals surface area contributed by atoms with E-state index in [2.05, 4.69) is 0 Å². The fraction of sp³-hybridized carbons (Fsp3) is 0.650. The Labute approximate surface area is 145 Å². The van der Waals surface area contributed by atoms with Crippen LogP contribution in [0.3, 0.4) is 0 Å². The summed E-state index contributed by atoms with van der Waals surface area (Å²) in [5.74, 6) is -1.53. The monoisotopic (exact) mass is 334 g/mol. The SMILES string of the molecule is CC[C@@H]1OC(=O)[C@H](C)C(=O)/C(C)=C/[C@H](C)C[C@@H](C)C(=O)/C=C/[C@@H]1C. The van der Waals surface area contributed by atoms with Crippen molar-refractivity contribution < 1.29 is 19.1 Å². The molecule has 0 aromatic rings. The van der Waals surface area contributed by atoms with E-state index in [1.54, 1.807) is 19.9 Å². The average Bonchev–Trinajstić information content (AvgIpc) is 2.54. The number of esters is 1. The summed E-state index contributed by atoms with van der Waals surface area (Å²) in [5, 5.41) is 0. The molecule has 0 aliphatic carbocycles. The second-order valence-corrected chi connectivity index (χ2v) is 7.05. The smallest absolute Gasteiger partial charge is 0.316 e. The van der Waals surface area contributed by atoms with Crippen LogP contribution in [0.4, 0.5) is 0 Å². The van der Waals surface area contributed by atoms with E-state index in [0.29, 0.717) is 18.4 Å². The number of carbonyl (C=O) groups excluding carboxylic acids is 3. The maximum Gasteiger partial charge on any atom is 0.316 e. The Kier molecular flexibility index (Phi) is 7.59. The highest BCUT2D eigenvalue weighted by Gasteiger charge is 2.28. The summed E-state index contributed by atoms with van der Waals surface area (Å²) >= 11 is 0. The number of rotatable bonds is 1. The molecule has 0 fully saturated rings. The molecule has 5 atom stereocenters. The lowest BCUT2D eigenvalue weighted by Crippen LogP contribution is -2.31. The van der Waals surface area contributed by atoms with E-state index < -0.39 is 11.9 Å². The van der Waals surface area contributed by atoms with Crippen molar-refractivity contribution in [1.29, 1.82) is 0 Å². The van der Waals surface area contributed by atoms with E-state index in [1.807, 2.05) is 39.8 Å². The van der Waals surface area contributed by atoms with Crippen LogP contribution in [0.15, 0.2) is 23.8 Å². The summed E-state index contributed by atoms with van der Waals surface area (Å²) in [5.41, 5.74) is 0.556. The predicted molar refractivity (Wildman–Crippen MR) is 94.4 cm³/mol. The first-order valence-electron chi connectivity index (χ1n) is 8.82. The minimum atomic E-state index is -0.805. The zero-order valence-corrected chi connectivity index (χ0v) is 15.7. The highest BCUT2D eigenvalue weighted by Crippen LogP contribution is 2.21. The van der Waals surface area contributed by atoms with E-state index >= 15 is 0 Å². The van der Waals surface area contributed by atoms with Gasteiger partial charge in [0, 0.05) is 11.8 Å². The van der Waals surface area contributed by atoms with Crippen LogP contribution < -0.4 is 0 Å². The lowest BCUT2D eigenvalue weighted by atomic mass is 9.89. The molecule has 0 aromatic heterocycles. The third-order valence-corrected chi connectivity index (χ3v) is 4.70. The first-order chi connectivity index (χ1) is 11.2. The van der Waals surface area contributed by atoms with Gasteiger partial charge in [-0.3, -0.25) is 14.4 Å². The number of hydrogen-bond acceptors (Lipinski definition) is 4. The van der Waals surface area contributed by atoms with Crippen molar-refractivity contribution in [2.45, 2.75) is 60.5 Å². The van der Waals surface area contributed by atoms with Crippen LogP contribution in [0.2, 0.25) is 0 Å². The molecule has 1 rings (SSSR count). The molecule has 0 radical (unpaired) electrons. The summed E-state index contributed by atoms with van der Waals surface area (Å²) in [4.78, 5) is 37.0. The molecular formula is C20H30O4. The quantitative estimate of drug-likeness (QED) is 0.539. The summed E-state index contributed by atoms with van der Waals surface area (Å²) in [6.07, 6.45) is 6.25. The maximum atomic E-state index is 12.4. The molecule has 0 N–H and O–H groups in total. The van der Waals surface area contributed by atoms with Crippen molar-refractivity contribution in [2.24, 2.45) is 23.7 Å². The summed E-state index contributed by atoms with van der Waals surface area (Å²) in [7, 11) is 0. The molecule has 134 valence electrons. The van der Waals surface area contributed by atoms with Gasteiger partial charge in [-0.25, -0.2) is 0 Å². The molecule has 0 saturated carbocycles. The van der Waals surface area contributed by atoms with Gasteiger partial charge in [0.25, 0.3) is 0 Å². The Bertz CT molecular complexity index is 544. The van der Waals surface area contributed by atoms with Crippen molar-refractivity contribution in [1.82, 2.24) is 0 Å². The van der Waals surface area contributed by atoms with Gasteiger partial charge < -0.3 is 4.74 Å². The molecule has 24 heavy (non-hydrogen) atoms. The molecule has 1 aliphatic rings. The van der Waals surface area contributed by atoms with Crippen molar-refractivity contribution >= 4 is 17.5 Å². The van der Waals surface area contributed by atoms with E-state index in [9.17, 15) is 14.4 Å². The minimum Gasteiger partial charge on any atom is -0.461 e. The Balaban J connectivity index is 3.16. The number of allylic oxidation sites excluding steroid dienone is 3. The summed E-state index contributed by atoms with van der Waals surface area (Å²) < 4.78 is 5.53. The molecule has 0 saturated heterocycles. The average molecular weight is 334 g/mol. The van der Waals surface area contributed by atoms with E-state index in [0.717, 1.165) is 0 Å². The largest absolute Gasteiger partial charge is 0.461 e. The number of ether oxygens (including phenoxy) is 1. The van der Waals surface area contributed by atoms with E-state index in [-0.39, 0.29) is 35.4 Å². The van der Waals surface area contributed by atoms with Gasteiger partial charge in [0.15, 0.2) is 11.6 Å². The Morgan fingerprint density at radius 2 is 1.75 bits per heavy atom. The second kappa shape index (κ2) is 8.95. The van der Waals surface area contributed by atoms with Crippen LogP contribution in [0.5, 0.6) is 0 Å². The molecular weight excluding hydrogens is 304 g/mol. The van der Waals surface area contributed by atoms with Gasteiger partial charge in [-0.1, -0.05) is 39.8 Å². The standard InChI is InChI=1S/C20H30O4/c1-7-18-13(3)8-9-17(21)14(4)10-12(2)11-15(5)19(22)16(6)20(23)24-18/h8-9,11-14,16,18H,7,10H2,1-6H3/b9-8+,15-11+/t12-,13+,14-,16-,18+/m1/s1. The van der Waals surface area contributed by atoms with Crippen LogP contribution in [-0.2, 0) is 19.1 Å². The number of Topliss-reactive ketones (excluding diaryl/α,β-unsaturated/α-hetero) is 1. The molecule has 1 aliphatic heterocycles. The molecule has 0 amide bonds. The molecule has 4 heteroatoms. The summed E-state index contributed by atoms with van der Waals surface area (Å²) in [6, 6.07) is 0. The zero-order valence-electron chi connectivity index (χ0n) is 15.7. The third kappa shape index (κ3) is 5.43. The van der Waals surface area contributed by atoms with Gasteiger partial charge >= 0.3 is 5.97 Å². The normalized spacial score (nSPS) is 37.2. The van der Waals surface area contributed by atoms with Crippen molar-refractivity contribution in [2.75, 3.05) is 0 Å². The van der Waals surface area contributed by atoms with Gasteiger partial charge in [-0.05, 0) is 44.3 Å². The van der Waals surface area contributed by atoms with Gasteiger partial charge in [0.05, 0.1) is 0 Å². The van der Waals surface area contributed by atoms with Crippen LogP contribution in [0.25, 0.3) is 0 Å². The van der Waals surface area contributed by atoms with Crippen LogP contribution in [0, 0.1) is 23.7 Å². The first kappa shape index (κ1) is 20.3. The van der Waals surface area contributed by atoms with Crippen molar-refractivity contribution in [3.8, 4) is 0 Å². The first-order valence-corrected chi connectivity index (χ1v) is 8.82. The van der Waals surface area contributed by atoms with Crippen LogP contribution in [-0.4, -0.2) is 23.6 Å². The Hall–Kier alpha value is -1.71. The third-order valence-electron chi connectivity index (χ3n) is 4.70. The topological polar surface area (TPSA) is 60.4 Å². The van der Waals surface area contributed by atoms with Gasteiger partial charge in [-0.15, -0.1) is 0 Å². The Morgan fingerprint density at radius 3 is 2.33 bits per heavy atom. The molecule has 0 unspecified atom stereocenters. The van der Waals surface area contributed by atoms with Gasteiger partial charge in [0.1, 0.15) is 12.0 Å². The molecule has 0 bridgehead atoms. The number of ketones is 2. The van der Waals surface area contributed by atoms with Crippen molar-refractivity contribution in [3.05, 3.63) is 23.8 Å². The zero-order chi connectivity index (χ0) is 18.4. The highest BCUT2D eigenvalue weighted by atomic mass is 16.5. The minimum absolute atomic E-state index is 0.0673. The Morgan fingerprint density at radius 1 is 1.12 bits per heavy atom. The second-order valence-electron chi connectivity index (χ2n) is 7.05. The lowest BCUT2D eigenvalue weighted by Gasteiger charge is -2.23. The summed E-state index contributed by atoms with van der Waals surface area (Å²) in [6.45, 7) is 11.1. The predicted octanol–water partition coefficient (Wildman–Crippen LogP) is 3.90. The number of hydrogen-bond donors (Lipinski definition) is 0. The molecule has 4 nitrogen and oxygen atoms in total. The van der Waals surface area contributed by atoms with Gasteiger partial charge in [0.2, 0.25) is 0 Å². The molecule has 0 spiro atoms. The van der Waals surface area contributed by atoms with E-state index in [1.165, 1.54) is 0 Å². The molecule has 0 aromatic carbocycles. The fourth-order valence-electron chi connectivity index (χ4n) is 3.05. The number of cyclic esters (lactones) is 1. The maximum absolute atomic E-state index is 12.4. The van der Waals surface area contributed by atoms with Crippen LogP contribution in [0.1, 0.15) is 54.4 Å². The van der Waals surface area contributed by atoms with Gasteiger partial charge in [-0.2, -0.15) is 0 Å². The number of carbonyl (C=O) groups is 3. The fourth-order valence-corrected chi connectivity index (χ4v) is 3.05.